The first-order valence-corrected chi connectivity index (χ1v) is 10.5. The second kappa shape index (κ2) is 12.1. The average molecular weight is 415 g/mol. The van der Waals surface area contributed by atoms with Crippen molar-refractivity contribution in [2.24, 2.45) is 5.92 Å². The van der Waals surface area contributed by atoms with Gasteiger partial charge in [-0.2, -0.15) is 0 Å². The van der Waals surface area contributed by atoms with Crippen molar-refractivity contribution in [2.75, 3.05) is 18.5 Å². The van der Waals surface area contributed by atoms with Crippen LogP contribution in [-0.4, -0.2) is 24.2 Å². The fraction of sp³-hybridized carbons (Fsp3) is 0.391. The lowest BCUT2D eigenvalue weighted by atomic mass is 10.1. The molecule has 0 spiro atoms. The van der Waals surface area contributed by atoms with Crippen molar-refractivity contribution in [1.82, 2.24) is 5.32 Å². The molecule has 2 aromatic carbocycles. The van der Waals surface area contributed by atoms with Crippen LogP contribution in [0.1, 0.15) is 50.4 Å². The number of nitrogens with one attached hydrogen (secondary N) is 2. The highest BCUT2D eigenvalue weighted by molar-refractivity contribution is 7.80. The zero-order valence-corrected chi connectivity index (χ0v) is 18.2. The molecule has 0 aliphatic carbocycles. The van der Waals surface area contributed by atoms with Gasteiger partial charge in [-0.25, -0.2) is 0 Å². The first-order valence-electron chi connectivity index (χ1n) is 10.1. The summed E-state index contributed by atoms with van der Waals surface area (Å²) in [5.74, 6) is 1.82. The summed E-state index contributed by atoms with van der Waals surface area (Å²) in [6.07, 6.45) is 3.05. The minimum absolute atomic E-state index is 0.237. The molecule has 0 aromatic heterocycles. The monoisotopic (exact) mass is 414 g/mol. The van der Waals surface area contributed by atoms with Gasteiger partial charge in [0, 0.05) is 11.3 Å². The van der Waals surface area contributed by atoms with Crippen LogP contribution in [0.5, 0.6) is 11.5 Å². The van der Waals surface area contributed by atoms with Gasteiger partial charge in [-0.1, -0.05) is 33.3 Å². The molecule has 0 aliphatic rings. The van der Waals surface area contributed by atoms with Crippen LogP contribution in [0.25, 0.3) is 0 Å². The summed E-state index contributed by atoms with van der Waals surface area (Å²) in [5, 5.41) is 5.95. The van der Waals surface area contributed by atoms with E-state index in [1.54, 1.807) is 18.2 Å². The number of carbonyl (C=O) groups is 1. The van der Waals surface area contributed by atoms with Crippen LogP contribution in [-0.2, 0) is 0 Å². The van der Waals surface area contributed by atoms with E-state index in [0.29, 0.717) is 30.4 Å². The van der Waals surface area contributed by atoms with Crippen molar-refractivity contribution >= 4 is 28.9 Å². The number of amides is 1. The molecule has 0 radical (unpaired) electrons. The van der Waals surface area contributed by atoms with Crippen LogP contribution in [0, 0.1) is 5.92 Å². The van der Waals surface area contributed by atoms with Gasteiger partial charge in [0.1, 0.15) is 11.5 Å². The molecule has 0 saturated carbocycles. The third-order valence-corrected chi connectivity index (χ3v) is 4.37. The first kappa shape index (κ1) is 22.7. The largest absolute Gasteiger partial charge is 0.494 e. The van der Waals surface area contributed by atoms with Crippen molar-refractivity contribution in [2.45, 2.75) is 40.0 Å². The number of unbranched alkanes of at least 4 members (excludes halogenated alkanes) is 1. The highest BCUT2D eigenvalue weighted by Crippen LogP contribution is 2.17. The summed E-state index contributed by atoms with van der Waals surface area (Å²) >= 11 is 5.26. The molecule has 1 amide bonds. The third kappa shape index (κ3) is 8.52. The maximum Gasteiger partial charge on any atom is 0.257 e. The van der Waals surface area contributed by atoms with E-state index in [2.05, 4.69) is 31.4 Å². The van der Waals surface area contributed by atoms with E-state index in [4.69, 9.17) is 21.7 Å². The Morgan fingerprint density at radius 2 is 1.76 bits per heavy atom. The SMILES string of the molecule is CCCCOc1cccc(C(=O)NC(=S)Nc2ccc(OCCC(C)C)cc2)c1. The molecule has 5 nitrogen and oxygen atoms in total. The average Bonchev–Trinajstić information content (AvgIpc) is 2.69. The number of rotatable bonds is 10. The molecular formula is C23H30N2O3S. The third-order valence-electron chi connectivity index (χ3n) is 4.17. The van der Waals surface area contributed by atoms with Gasteiger partial charge < -0.3 is 14.8 Å². The highest BCUT2D eigenvalue weighted by atomic mass is 32.1. The number of hydrogen-bond acceptors (Lipinski definition) is 4. The van der Waals surface area contributed by atoms with Gasteiger partial charge in [0.25, 0.3) is 5.91 Å². The topological polar surface area (TPSA) is 59.6 Å². The zero-order valence-electron chi connectivity index (χ0n) is 17.4. The number of hydrogen-bond donors (Lipinski definition) is 2. The standard InChI is InChI=1S/C23H30N2O3S/c1-4-5-14-27-21-8-6-7-18(16-21)22(26)25-23(29)24-19-9-11-20(12-10-19)28-15-13-17(2)3/h6-12,16-17H,4-5,13-15H2,1-3H3,(H2,24,25,26,29). The van der Waals surface area contributed by atoms with Gasteiger partial charge in [-0.3, -0.25) is 10.1 Å². The smallest absolute Gasteiger partial charge is 0.257 e. The van der Waals surface area contributed by atoms with Crippen molar-refractivity contribution in [3.63, 3.8) is 0 Å². The second-order valence-corrected chi connectivity index (χ2v) is 7.60. The number of ether oxygens (including phenoxy) is 2. The summed E-state index contributed by atoms with van der Waals surface area (Å²) in [5.41, 5.74) is 1.28. The predicted molar refractivity (Wildman–Crippen MR) is 122 cm³/mol. The lowest BCUT2D eigenvalue weighted by Crippen LogP contribution is -2.34. The Morgan fingerprint density at radius 3 is 2.45 bits per heavy atom. The van der Waals surface area contributed by atoms with Crippen molar-refractivity contribution in [1.29, 1.82) is 0 Å². The van der Waals surface area contributed by atoms with Gasteiger partial charge in [-0.15, -0.1) is 0 Å². The molecule has 2 aromatic rings. The van der Waals surface area contributed by atoms with E-state index < -0.39 is 0 Å². The zero-order chi connectivity index (χ0) is 21.1. The van der Waals surface area contributed by atoms with Crippen molar-refractivity contribution < 1.29 is 14.3 Å². The van der Waals surface area contributed by atoms with Crippen LogP contribution in [0.15, 0.2) is 48.5 Å². The Labute approximate surface area is 178 Å². The molecule has 2 N–H and O–H groups in total. The van der Waals surface area contributed by atoms with Crippen LogP contribution >= 0.6 is 12.2 Å². The molecule has 2 rings (SSSR count). The minimum Gasteiger partial charge on any atom is -0.494 e. The molecule has 0 saturated heterocycles. The minimum atomic E-state index is -0.280. The number of anilines is 1. The quantitative estimate of drug-likeness (QED) is 0.402. The first-order chi connectivity index (χ1) is 14.0. The Kier molecular flexibility index (Phi) is 9.44. The van der Waals surface area contributed by atoms with Crippen molar-refractivity contribution in [3.05, 3.63) is 54.1 Å². The van der Waals surface area contributed by atoms with Crippen LogP contribution < -0.4 is 20.1 Å². The maximum atomic E-state index is 12.4. The van der Waals surface area contributed by atoms with Gasteiger partial charge in [-0.05, 0) is 73.4 Å². The summed E-state index contributed by atoms with van der Waals surface area (Å²) < 4.78 is 11.4. The van der Waals surface area contributed by atoms with E-state index >= 15 is 0 Å². The normalized spacial score (nSPS) is 10.5. The van der Waals surface area contributed by atoms with Gasteiger partial charge in [0.05, 0.1) is 13.2 Å². The molecule has 156 valence electrons. The lowest BCUT2D eigenvalue weighted by molar-refractivity contribution is 0.0977. The molecule has 0 atom stereocenters. The summed E-state index contributed by atoms with van der Waals surface area (Å²) in [7, 11) is 0. The molecule has 0 fully saturated rings. The summed E-state index contributed by atoms with van der Waals surface area (Å²) in [4.78, 5) is 12.4. The van der Waals surface area contributed by atoms with Crippen molar-refractivity contribution in [3.8, 4) is 11.5 Å². The van der Waals surface area contributed by atoms with Gasteiger partial charge >= 0.3 is 0 Å². The Hall–Kier alpha value is -2.60. The molecule has 29 heavy (non-hydrogen) atoms. The number of thiocarbonyl (C=S) groups is 1. The maximum absolute atomic E-state index is 12.4. The fourth-order valence-corrected chi connectivity index (χ4v) is 2.66. The summed E-state index contributed by atoms with van der Waals surface area (Å²) in [6, 6.07) is 14.6. The van der Waals surface area contributed by atoms with E-state index in [1.165, 1.54) is 0 Å². The Bertz CT molecular complexity index is 791. The molecule has 0 unspecified atom stereocenters. The van der Waals surface area contributed by atoms with E-state index in [9.17, 15) is 4.79 Å². The van der Waals surface area contributed by atoms with Crippen LogP contribution in [0.3, 0.4) is 0 Å². The van der Waals surface area contributed by atoms with Crippen LogP contribution in [0.4, 0.5) is 5.69 Å². The molecule has 0 aliphatic heterocycles. The number of benzene rings is 2. The van der Waals surface area contributed by atoms with Gasteiger partial charge in [0.2, 0.25) is 0 Å². The summed E-state index contributed by atoms with van der Waals surface area (Å²) in [6.45, 7) is 7.77. The van der Waals surface area contributed by atoms with Crippen LogP contribution in [0.2, 0.25) is 0 Å². The molecule has 0 bridgehead atoms. The van der Waals surface area contributed by atoms with E-state index in [-0.39, 0.29) is 11.0 Å². The number of carbonyl (C=O) groups excluding carboxylic acids is 1. The van der Waals surface area contributed by atoms with E-state index in [0.717, 1.165) is 30.7 Å². The predicted octanol–water partition coefficient (Wildman–Crippen LogP) is 5.42. The molecule has 0 heterocycles. The Morgan fingerprint density at radius 1 is 1.03 bits per heavy atom. The lowest BCUT2D eigenvalue weighted by Gasteiger charge is -2.12. The molecular weight excluding hydrogens is 384 g/mol. The highest BCUT2D eigenvalue weighted by Gasteiger charge is 2.09. The molecule has 6 heteroatoms. The fourth-order valence-electron chi connectivity index (χ4n) is 2.45. The second-order valence-electron chi connectivity index (χ2n) is 7.19. The van der Waals surface area contributed by atoms with E-state index in [1.807, 2.05) is 30.3 Å². The van der Waals surface area contributed by atoms with Gasteiger partial charge in [0.15, 0.2) is 5.11 Å². The Balaban J connectivity index is 1.84.